The largest absolute Gasteiger partial charge is 0.338 e. The van der Waals surface area contributed by atoms with E-state index in [1.54, 1.807) is 0 Å². The minimum Gasteiger partial charge on any atom is -0.338 e. The van der Waals surface area contributed by atoms with Gasteiger partial charge in [-0.3, -0.25) is 14.5 Å². The number of carbonyl (C=O) groups excluding carboxylic acids is 2. The van der Waals surface area contributed by atoms with Crippen molar-refractivity contribution in [2.75, 3.05) is 32.7 Å². The molecule has 1 saturated heterocycles. The fourth-order valence-electron chi connectivity index (χ4n) is 4.87. The van der Waals surface area contributed by atoms with Crippen LogP contribution in [0.3, 0.4) is 0 Å². The zero-order valence-electron chi connectivity index (χ0n) is 19.9. The molecule has 172 valence electrons. The van der Waals surface area contributed by atoms with Crippen molar-refractivity contribution < 1.29 is 9.59 Å². The molecule has 2 amide bonds. The van der Waals surface area contributed by atoms with E-state index in [2.05, 4.69) is 54.5 Å². The van der Waals surface area contributed by atoms with Crippen LogP contribution in [-0.4, -0.2) is 65.3 Å². The van der Waals surface area contributed by atoms with Crippen LogP contribution in [0, 0.1) is 12.3 Å². The number of hydrogen-bond acceptors (Lipinski definition) is 4. The molecular weight excluding hydrogens is 418 g/mol. The Morgan fingerprint density at radius 3 is 2.44 bits per heavy atom. The molecule has 0 radical (unpaired) electrons. The second-order valence-electron chi connectivity index (χ2n) is 10.3. The van der Waals surface area contributed by atoms with Crippen LogP contribution in [0.25, 0.3) is 0 Å². The topological polar surface area (TPSA) is 43.9 Å². The molecule has 0 spiro atoms. The lowest BCUT2D eigenvalue weighted by Crippen LogP contribution is -2.58. The number of benzene rings is 1. The average Bonchev–Trinajstić information content (AvgIpc) is 3.22. The van der Waals surface area contributed by atoms with Gasteiger partial charge in [0, 0.05) is 42.5 Å². The summed E-state index contributed by atoms with van der Waals surface area (Å²) in [4.78, 5) is 33.8. The normalized spacial score (nSPS) is 22.0. The predicted molar refractivity (Wildman–Crippen MR) is 130 cm³/mol. The van der Waals surface area contributed by atoms with Crippen molar-refractivity contribution in [1.82, 2.24) is 14.7 Å². The molecule has 6 heteroatoms. The molecule has 2 atom stereocenters. The summed E-state index contributed by atoms with van der Waals surface area (Å²) in [5.41, 5.74) is 3.44. The molecule has 2 aliphatic rings. The van der Waals surface area contributed by atoms with Crippen molar-refractivity contribution in [3.05, 3.63) is 57.3 Å². The molecule has 32 heavy (non-hydrogen) atoms. The Bertz CT molecular complexity index is 976. The van der Waals surface area contributed by atoms with Gasteiger partial charge in [0.2, 0.25) is 11.8 Å². The highest BCUT2D eigenvalue weighted by molar-refractivity contribution is 7.10. The van der Waals surface area contributed by atoms with Crippen molar-refractivity contribution in [3.63, 3.8) is 0 Å². The Morgan fingerprint density at radius 1 is 1.06 bits per heavy atom. The molecule has 1 aromatic heterocycles. The highest BCUT2D eigenvalue weighted by atomic mass is 32.1. The monoisotopic (exact) mass is 453 g/mol. The number of piperazine rings is 1. The molecule has 0 bridgehead atoms. The number of nitrogens with zero attached hydrogens (tertiary/aromatic N) is 3. The van der Waals surface area contributed by atoms with Gasteiger partial charge in [0.15, 0.2) is 0 Å². The first-order chi connectivity index (χ1) is 15.1. The number of rotatable bonds is 3. The molecular formula is C26H35N3O2S. The summed E-state index contributed by atoms with van der Waals surface area (Å²) in [6.07, 6.45) is 0.993. The number of carbonyl (C=O) groups is 2. The predicted octanol–water partition coefficient (Wildman–Crippen LogP) is 4.11. The maximum atomic E-state index is 13.3. The van der Waals surface area contributed by atoms with Gasteiger partial charge in [-0.2, -0.15) is 0 Å². The van der Waals surface area contributed by atoms with Gasteiger partial charge in [0.25, 0.3) is 0 Å². The van der Waals surface area contributed by atoms with Crippen molar-refractivity contribution in [1.29, 1.82) is 0 Å². The summed E-state index contributed by atoms with van der Waals surface area (Å²) >= 11 is 1.82. The fraction of sp³-hybridized carbons (Fsp3) is 0.538. The first kappa shape index (κ1) is 23.0. The summed E-state index contributed by atoms with van der Waals surface area (Å²) < 4.78 is 0. The Morgan fingerprint density at radius 2 is 1.78 bits per heavy atom. The van der Waals surface area contributed by atoms with Crippen molar-refractivity contribution in [2.45, 2.75) is 53.1 Å². The molecule has 0 N–H and O–H groups in total. The van der Waals surface area contributed by atoms with Crippen LogP contribution in [-0.2, 0) is 16.0 Å². The number of fused-ring (bicyclic) bond motifs is 1. The molecule has 1 aromatic carbocycles. The zero-order valence-corrected chi connectivity index (χ0v) is 20.7. The standard InChI is InChI=1S/C26H35N3O2S/c1-18-6-8-20(9-7-18)24-21-11-15-32-22(21)10-12-28(24)17-23(30)27-13-14-29(19(2)16-27)25(31)26(3,4)5/h6-9,11,15,19,24H,10,12-14,16-17H2,1-5H3/t19-,24+/m0/s1. The van der Waals surface area contributed by atoms with E-state index in [9.17, 15) is 9.59 Å². The Labute approximate surface area is 196 Å². The molecule has 0 unspecified atom stereocenters. The summed E-state index contributed by atoms with van der Waals surface area (Å²) in [5.74, 6) is 0.327. The van der Waals surface area contributed by atoms with Crippen LogP contribution in [0.15, 0.2) is 35.7 Å². The molecule has 2 aromatic rings. The quantitative estimate of drug-likeness (QED) is 0.703. The van der Waals surface area contributed by atoms with Crippen molar-refractivity contribution in [2.24, 2.45) is 5.41 Å². The Hall–Kier alpha value is -2.18. The zero-order chi connectivity index (χ0) is 23.0. The summed E-state index contributed by atoms with van der Waals surface area (Å²) in [6, 6.07) is 11.1. The van der Waals surface area contributed by atoms with Crippen molar-refractivity contribution >= 4 is 23.2 Å². The van der Waals surface area contributed by atoms with E-state index in [4.69, 9.17) is 0 Å². The third-order valence-corrected chi connectivity index (χ3v) is 7.68. The van der Waals surface area contributed by atoms with Gasteiger partial charge in [-0.15, -0.1) is 11.3 Å². The van der Waals surface area contributed by atoms with Gasteiger partial charge < -0.3 is 9.80 Å². The lowest BCUT2D eigenvalue weighted by Gasteiger charge is -2.43. The molecule has 3 heterocycles. The molecule has 5 nitrogen and oxygen atoms in total. The minimum absolute atomic E-state index is 0.0390. The Kier molecular flexibility index (Phi) is 6.46. The number of aryl methyl sites for hydroxylation is 1. The van der Waals surface area contributed by atoms with E-state index in [1.807, 2.05) is 41.9 Å². The molecule has 0 saturated carbocycles. The van der Waals surface area contributed by atoms with Crippen LogP contribution in [0.5, 0.6) is 0 Å². The van der Waals surface area contributed by atoms with Crippen molar-refractivity contribution in [3.8, 4) is 0 Å². The van der Waals surface area contributed by atoms with E-state index in [1.165, 1.54) is 21.6 Å². The van der Waals surface area contributed by atoms with Gasteiger partial charge in [-0.25, -0.2) is 0 Å². The first-order valence-corrected chi connectivity index (χ1v) is 12.5. The van der Waals surface area contributed by atoms with E-state index < -0.39 is 5.41 Å². The van der Waals surface area contributed by atoms with Crippen LogP contribution in [0.2, 0.25) is 0 Å². The molecule has 0 aliphatic carbocycles. The van der Waals surface area contributed by atoms with E-state index in [0.29, 0.717) is 26.2 Å². The third kappa shape index (κ3) is 4.62. The smallest absolute Gasteiger partial charge is 0.236 e. The van der Waals surface area contributed by atoms with Gasteiger partial charge in [-0.1, -0.05) is 50.6 Å². The summed E-state index contributed by atoms with van der Waals surface area (Å²) in [6.45, 7) is 13.2. The summed E-state index contributed by atoms with van der Waals surface area (Å²) in [5, 5.41) is 2.17. The van der Waals surface area contributed by atoms with Crippen LogP contribution in [0.1, 0.15) is 55.3 Å². The van der Waals surface area contributed by atoms with Crippen LogP contribution < -0.4 is 0 Å². The third-order valence-electron chi connectivity index (χ3n) is 6.68. The van der Waals surface area contributed by atoms with E-state index in [0.717, 1.165) is 13.0 Å². The fourth-order valence-corrected chi connectivity index (χ4v) is 5.77. The van der Waals surface area contributed by atoms with Crippen LogP contribution in [0.4, 0.5) is 0 Å². The van der Waals surface area contributed by atoms with E-state index in [-0.39, 0.29) is 23.9 Å². The number of amides is 2. The highest BCUT2D eigenvalue weighted by Gasteiger charge is 2.36. The molecule has 2 aliphatic heterocycles. The Balaban J connectivity index is 1.48. The van der Waals surface area contributed by atoms with Gasteiger partial charge in [0.1, 0.15) is 0 Å². The van der Waals surface area contributed by atoms with Gasteiger partial charge in [0.05, 0.1) is 12.6 Å². The molecule has 1 fully saturated rings. The SMILES string of the molecule is Cc1ccc([C@@H]2c3ccsc3CCN2CC(=O)N2CCN(C(=O)C(C)(C)C)[C@@H](C)C2)cc1. The average molecular weight is 454 g/mol. The maximum Gasteiger partial charge on any atom is 0.236 e. The van der Waals surface area contributed by atoms with E-state index >= 15 is 0 Å². The lowest BCUT2D eigenvalue weighted by molar-refractivity contribution is -0.148. The lowest BCUT2D eigenvalue weighted by atomic mass is 9.92. The highest BCUT2D eigenvalue weighted by Crippen LogP contribution is 2.37. The minimum atomic E-state index is -0.395. The second-order valence-corrected chi connectivity index (χ2v) is 11.3. The number of hydrogen-bond donors (Lipinski definition) is 0. The maximum absolute atomic E-state index is 13.3. The number of thiophene rings is 1. The van der Waals surface area contributed by atoms with Gasteiger partial charge >= 0.3 is 0 Å². The first-order valence-electron chi connectivity index (χ1n) is 11.6. The molecule has 4 rings (SSSR count). The van der Waals surface area contributed by atoms with Crippen LogP contribution >= 0.6 is 11.3 Å². The second kappa shape index (κ2) is 8.99. The van der Waals surface area contributed by atoms with Gasteiger partial charge in [-0.05, 0) is 42.8 Å². The summed E-state index contributed by atoms with van der Waals surface area (Å²) in [7, 11) is 0.